The Morgan fingerprint density at radius 2 is 1.97 bits per heavy atom. The number of hydrogen-bond donors (Lipinski definition) is 2. The van der Waals surface area contributed by atoms with Gasteiger partial charge in [0.05, 0.1) is 30.6 Å². The number of urea groups is 1. The van der Waals surface area contributed by atoms with Gasteiger partial charge in [-0.25, -0.2) is 4.79 Å². The Balaban J connectivity index is 1.23. The highest BCUT2D eigenvalue weighted by Gasteiger charge is 2.52. The number of halogens is 4. The fraction of sp³-hybridized carbons (Fsp3) is 0.273. The van der Waals surface area contributed by atoms with E-state index in [1.54, 1.807) is 6.07 Å². The first-order valence-electron chi connectivity index (χ1n) is 9.85. The van der Waals surface area contributed by atoms with Crippen molar-refractivity contribution in [3.63, 3.8) is 0 Å². The molecule has 0 aliphatic carbocycles. The van der Waals surface area contributed by atoms with Crippen molar-refractivity contribution < 1.29 is 27.5 Å². The number of hydrogen-bond acceptors (Lipinski definition) is 3. The van der Waals surface area contributed by atoms with Crippen LogP contribution >= 0.6 is 11.6 Å². The van der Waals surface area contributed by atoms with E-state index in [0.29, 0.717) is 11.7 Å². The smallest absolute Gasteiger partial charge is 0.416 e. The number of nitrogens with one attached hydrogen (secondary N) is 2. The molecule has 0 unspecified atom stereocenters. The minimum atomic E-state index is -4.54. The van der Waals surface area contributed by atoms with Gasteiger partial charge in [-0.2, -0.15) is 13.2 Å². The predicted molar refractivity (Wildman–Crippen MR) is 111 cm³/mol. The maximum absolute atomic E-state index is 13.0. The highest BCUT2D eigenvalue weighted by Crippen LogP contribution is 2.41. The Bertz CT molecular complexity index is 1250. The standard InChI is InChI=1S/C22H17ClF3N3O3/c23-19-6-13-5-12(1-4-16(13)28-19)9-27-20(31)29-10-21(11-29)8-17(30)15-3-2-14(22(24,25)26)7-18(15)32-21/h1-7,28H,8-11H2,(H,27,31). The van der Waals surface area contributed by atoms with Crippen molar-refractivity contribution in [2.75, 3.05) is 13.1 Å². The zero-order valence-electron chi connectivity index (χ0n) is 16.6. The van der Waals surface area contributed by atoms with Crippen LogP contribution in [0.4, 0.5) is 18.0 Å². The second kappa shape index (κ2) is 7.16. The number of ketones is 1. The molecule has 32 heavy (non-hydrogen) atoms. The van der Waals surface area contributed by atoms with Crippen LogP contribution in [0, 0.1) is 0 Å². The van der Waals surface area contributed by atoms with Crippen LogP contribution < -0.4 is 10.1 Å². The van der Waals surface area contributed by atoms with Crippen molar-refractivity contribution in [2.24, 2.45) is 0 Å². The van der Waals surface area contributed by atoms with E-state index >= 15 is 0 Å². The SMILES string of the molecule is O=C1CC2(CN(C(=O)NCc3ccc4[nH]c(Cl)cc4c3)C2)Oc2cc(C(F)(F)F)ccc21. The van der Waals surface area contributed by atoms with E-state index in [0.717, 1.165) is 34.7 Å². The topological polar surface area (TPSA) is 74.4 Å². The first-order valence-corrected chi connectivity index (χ1v) is 10.2. The Hall–Kier alpha value is -3.20. The van der Waals surface area contributed by atoms with Crippen LogP contribution in [-0.2, 0) is 12.7 Å². The largest absolute Gasteiger partial charge is 0.482 e. The number of nitrogens with zero attached hydrogens (tertiary/aromatic N) is 1. The van der Waals surface area contributed by atoms with Gasteiger partial charge in [0.2, 0.25) is 0 Å². The summed E-state index contributed by atoms with van der Waals surface area (Å²) < 4.78 is 44.8. The number of ether oxygens (including phenoxy) is 1. The highest BCUT2D eigenvalue weighted by atomic mass is 35.5. The number of rotatable bonds is 2. The van der Waals surface area contributed by atoms with Gasteiger partial charge in [-0.3, -0.25) is 4.79 Å². The third-order valence-electron chi connectivity index (χ3n) is 5.76. The molecule has 0 atom stereocenters. The van der Waals surface area contributed by atoms with E-state index in [1.807, 2.05) is 18.2 Å². The number of carbonyl (C=O) groups excluding carboxylic acids is 2. The maximum Gasteiger partial charge on any atom is 0.416 e. The molecule has 0 radical (unpaired) electrons. The number of aromatic nitrogens is 1. The minimum absolute atomic E-state index is 0.0139. The van der Waals surface area contributed by atoms with E-state index in [9.17, 15) is 22.8 Å². The van der Waals surface area contributed by atoms with Gasteiger partial charge in [0.1, 0.15) is 10.9 Å². The monoisotopic (exact) mass is 463 g/mol. The lowest BCUT2D eigenvalue weighted by molar-refractivity contribution is -0.138. The van der Waals surface area contributed by atoms with E-state index in [2.05, 4.69) is 10.3 Å². The highest BCUT2D eigenvalue weighted by molar-refractivity contribution is 6.30. The fourth-order valence-corrected chi connectivity index (χ4v) is 4.41. The van der Waals surface area contributed by atoms with Crippen LogP contribution in [0.2, 0.25) is 5.15 Å². The van der Waals surface area contributed by atoms with Crippen molar-refractivity contribution in [1.82, 2.24) is 15.2 Å². The van der Waals surface area contributed by atoms with Crippen LogP contribution in [0.3, 0.4) is 0 Å². The lowest BCUT2D eigenvalue weighted by Gasteiger charge is -2.50. The average molecular weight is 464 g/mol. The molecule has 166 valence electrons. The van der Waals surface area contributed by atoms with Gasteiger partial charge >= 0.3 is 12.2 Å². The van der Waals surface area contributed by atoms with Gasteiger partial charge in [-0.05, 0) is 42.0 Å². The molecule has 5 rings (SSSR count). The Morgan fingerprint density at radius 3 is 2.72 bits per heavy atom. The maximum atomic E-state index is 13.0. The summed E-state index contributed by atoms with van der Waals surface area (Å²) in [4.78, 5) is 29.4. The van der Waals surface area contributed by atoms with Crippen molar-refractivity contribution in [3.8, 4) is 5.75 Å². The van der Waals surface area contributed by atoms with Crippen molar-refractivity contribution >= 4 is 34.3 Å². The molecule has 0 bridgehead atoms. The molecule has 0 saturated carbocycles. The number of amides is 2. The molecular weight excluding hydrogens is 447 g/mol. The van der Waals surface area contributed by atoms with Gasteiger partial charge in [-0.15, -0.1) is 0 Å². The Labute approximate surface area is 185 Å². The summed E-state index contributed by atoms with van der Waals surface area (Å²) in [5.74, 6) is -0.381. The molecule has 1 fully saturated rings. The van der Waals surface area contributed by atoms with Gasteiger partial charge in [-0.1, -0.05) is 17.7 Å². The quantitative estimate of drug-likeness (QED) is 0.575. The lowest BCUT2D eigenvalue weighted by Crippen LogP contribution is -2.69. The summed E-state index contributed by atoms with van der Waals surface area (Å²) >= 11 is 5.95. The zero-order chi connectivity index (χ0) is 22.7. The summed E-state index contributed by atoms with van der Waals surface area (Å²) in [5.41, 5.74) is 0.0339. The summed E-state index contributed by atoms with van der Waals surface area (Å²) in [5, 5.41) is 4.26. The Kier molecular flexibility index (Phi) is 4.63. The first kappa shape index (κ1) is 20.7. The van der Waals surface area contributed by atoms with Crippen molar-refractivity contribution in [3.05, 3.63) is 64.3 Å². The molecule has 2 aliphatic rings. The number of alkyl halides is 3. The molecule has 1 aromatic heterocycles. The molecule has 2 aromatic carbocycles. The molecule has 1 saturated heterocycles. The van der Waals surface area contributed by atoms with Crippen LogP contribution in [0.15, 0.2) is 42.5 Å². The minimum Gasteiger partial charge on any atom is -0.482 e. The summed E-state index contributed by atoms with van der Waals surface area (Å²) in [6, 6.07) is 9.96. The molecule has 2 N–H and O–H groups in total. The lowest BCUT2D eigenvalue weighted by atomic mass is 9.83. The van der Waals surface area contributed by atoms with Gasteiger partial charge < -0.3 is 19.9 Å². The molecule has 2 amide bonds. The van der Waals surface area contributed by atoms with Crippen LogP contribution in [0.5, 0.6) is 5.75 Å². The zero-order valence-corrected chi connectivity index (χ0v) is 17.3. The van der Waals surface area contributed by atoms with E-state index in [4.69, 9.17) is 16.3 Å². The van der Waals surface area contributed by atoms with Crippen LogP contribution in [0.1, 0.15) is 27.9 Å². The number of likely N-dealkylation sites (tertiary alicyclic amines) is 1. The second-order valence-electron chi connectivity index (χ2n) is 8.15. The van der Waals surface area contributed by atoms with E-state index < -0.39 is 17.3 Å². The van der Waals surface area contributed by atoms with E-state index in [-0.39, 0.29) is 42.6 Å². The number of carbonyl (C=O) groups is 2. The summed E-state index contributed by atoms with van der Waals surface area (Å²) in [7, 11) is 0. The van der Waals surface area contributed by atoms with Gasteiger partial charge in [0, 0.05) is 17.4 Å². The third-order valence-corrected chi connectivity index (χ3v) is 5.96. The Morgan fingerprint density at radius 1 is 1.19 bits per heavy atom. The molecule has 10 heteroatoms. The number of Topliss-reactive ketones (excluding diaryl/α,β-unsaturated/α-hetero) is 1. The predicted octanol–water partition coefficient (Wildman–Crippen LogP) is 4.77. The molecular formula is C22H17ClF3N3O3. The third kappa shape index (κ3) is 3.66. The van der Waals surface area contributed by atoms with Crippen LogP contribution in [-0.4, -0.2) is 40.4 Å². The van der Waals surface area contributed by atoms with Crippen LogP contribution in [0.25, 0.3) is 10.9 Å². The first-order chi connectivity index (χ1) is 15.1. The average Bonchev–Trinajstić information content (AvgIpc) is 3.08. The molecule has 6 nitrogen and oxygen atoms in total. The number of H-pyrrole nitrogens is 1. The molecule has 3 heterocycles. The summed E-state index contributed by atoms with van der Waals surface area (Å²) in [6.45, 7) is 0.526. The molecule has 1 spiro atoms. The molecule has 2 aliphatic heterocycles. The molecule has 3 aromatic rings. The number of benzene rings is 2. The number of aromatic amines is 1. The summed E-state index contributed by atoms with van der Waals surface area (Å²) in [6.07, 6.45) is -4.52. The van der Waals surface area contributed by atoms with Crippen molar-refractivity contribution in [1.29, 1.82) is 0 Å². The normalized spacial score (nSPS) is 17.1. The van der Waals surface area contributed by atoms with Crippen molar-refractivity contribution in [2.45, 2.75) is 24.7 Å². The van der Waals surface area contributed by atoms with Gasteiger partial charge in [0.25, 0.3) is 0 Å². The van der Waals surface area contributed by atoms with Gasteiger partial charge in [0.15, 0.2) is 11.4 Å². The van der Waals surface area contributed by atoms with E-state index in [1.165, 1.54) is 4.90 Å². The fourth-order valence-electron chi connectivity index (χ4n) is 4.19. The number of fused-ring (bicyclic) bond motifs is 2. The second-order valence-corrected chi connectivity index (χ2v) is 8.55.